The normalized spacial score (nSPS) is 12.0. The molecule has 0 aliphatic carbocycles. The molecule has 0 saturated carbocycles. The number of aromatic nitrogens is 4. The van der Waals surface area contributed by atoms with Gasteiger partial charge in [0.15, 0.2) is 17.5 Å². The maximum atomic E-state index is 6.58. The van der Waals surface area contributed by atoms with Crippen molar-refractivity contribution in [1.82, 2.24) is 19.5 Å². The zero-order valence-electron chi connectivity index (χ0n) is 37.3. The lowest BCUT2D eigenvalue weighted by atomic mass is 9.99. The Kier molecular flexibility index (Phi) is 8.43. The maximum absolute atomic E-state index is 6.58. The average molecular weight is 913 g/mol. The minimum absolute atomic E-state index is 0.590. The zero-order valence-corrected chi connectivity index (χ0v) is 38.1. The molecule has 0 spiro atoms. The highest BCUT2D eigenvalue weighted by Crippen LogP contribution is 2.43. The molecular weight excluding hydrogens is 877 g/mol. The molecule has 326 valence electrons. The van der Waals surface area contributed by atoms with Gasteiger partial charge in [-0.3, -0.25) is 0 Å². The van der Waals surface area contributed by atoms with Crippen LogP contribution in [0.2, 0.25) is 0 Å². The third-order valence-electron chi connectivity index (χ3n) is 13.9. The van der Waals surface area contributed by atoms with Gasteiger partial charge < -0.3 is 13.4 Å². The first kappa shape index (κ1) is 38.9. The Morgan fingerprint density at radius 3 is 1.70 bits per heavy atom. The largest absolute Gasteiger partial charge is 0.456 e. The van der Waals surface area contributed by atoms with E-state index < -0.39 is 0 Å². The van der Waals surface area contributed by atoms with Crippen LogP contribution < -0.4 is 0 Å². The van der Waals surface area contributed by atoms with Crippen LogP contribution in [0.1, 0.15) is 0 Å². The third kappa shape index (κ3) is 6.08. The van der Waals surface area contributed by atoms with Crippen molar-refractivity contribution < 1.29 is 8.83 Å². The molecule has 0 bridgehead atoms. The van der Waals surface area contributed by atoms with Gasteiger partial charge in [-0.2, -0.15) is 0 Å². The van der Waals surface area contributed by atoms with Gasteiger partial charge >= 0.3 is 0 Å². The molecule has 0 unspecified atom stereocenters. The summed E-state index contributed by atoms with van der Waals surface area (Å²) >= 11 is 1.78. The van der Waals surface area contributed by atoms with Crippen molar-refractivity contribution in [2.45, 2.75) is 0 Å². The summed E-state index contributed by atoms with van der Waals surface area (Å²) in [5.41, 5.74) is 14.2. The Morgan fingerprint density at radius 2 is 0.871 bits per heavy atom. The van der Waals surface area contributed by atoms with Crippen LogP contribution in [0.15, 0.2) is 227 Å². The van der Waals surface area contributed by atoms with Crippen LogP contribution in [0, 0.1) is 0 Å². The van der Waals surface area contributed by atoms with E-state index in [1.165, 1.54) is 31.2 Å². The maximum Gasteiger partial charge on any atom is 0.164 e. The molecular formula is C63H36N4O2S. The van der Waals surface area contributed by atoms with E-state index >= 15 is 0 Å². The number of nitrogens with zero attached hydrogens (tertiary/aromatic N) is 4. The first-order valence-electron chi connectivity index (χ1n) is 23.4. The third-order valence-corrected chi connectivity index (χ3v) is 15.0. The van der Waals surface area contributed by atoms with E-state index in [4.69, 9.17) is 23.8 Å². The Hall–Kier alpha value is -9.17. The van der Waals surface area contributed by atoms with Gasteiger partial charge in [-0.1, -0.05) is 140 Å². The average Bonchev–Trinajstić information content (AvgIpc) is 4.19. The molecule has 0 aliphatic heterocycles. The van der Waals surface area contributed by atoms with Gasteiger partial charge in [-0.25, -0.2) is 15.0 Å². The molecule has 0 fully saturated rings. The van der Waals surface area contributed by atoms with Crippen molar-refractivity contribution in [1.29, 1.82) is 0 Å². The van der Waals surface area contributed by atoms with Gasteiger partial charge in [0.05, 0.1) is 11.0 Å². The van der Waals surface area contributed by atoms with Gasteiger partial charge in [0, 0.05) is 74.9 Å². The number of para-hydroxylation sites is 3. The van der Waals surface area contributed by atoms with E-state index in [0.717, 1.165) is 99.3 Å². The number of furan rings is 2. The molecule has 5 heterocycles. The molecule has 6 nitrogen and oxygen atoms in total. The van der Waals surface area contributed by atoms with Crippen LogP contribution >= 0.6 is 11.3 Å². The van der Waals surface area contributed by atoms with Crippen LogP contribution in [0.3, 0.4) is 0 Å². The number of fused-ring (bicyclic) bond motifs is 12. The molecule has 15 rings (SSSR count). The smallest absolute Gasteiger partial charge is 0.164 e. The minimum Gasteiger partial charge on any atom is -0.456 e. The Bertz CT molecular complexity index is 4600. The number of benzene rings is 10. The summed E-state index contributed by atoms with van der Waals surface area (Å²) in [4.78, 5) is 15.4. The molecule has 5 aromatic heterocycles. The fourth-order valence-electron chi connectivity index (χ4n) is 10.5. The first-order valence-corrected chi connectivity index (χ1v) is 24.2. The van der Waals surface area contributed by atoms with Gasteiger partial charge in [0.2, 0.25) is 0 Å². The van der Waals surface area contributed by atoms with Crippen LogP contribution in [0.5, 0.6) is 0 Å². The van der Waals surface area contributed by atoms with Gasteiger partial charge in [0.25, 0.3) is 0 Å². The monoisotopic (exact) mass is 912 g/mol. The fraction of sp³-hybridized carbons (Fsp3) is 0. The van der Waals surface area contributed by atoms with Gasteiger partial charge in [0.1, 0.15) is 22.3 Å². The molecule has 0 saturated heterocycles. The molecule has 70 heavy (non-hydrogen) atoms. The first-order chi connectivity index (χ1) is 34.6. The molecule has 0 aliphatic rings. The van der Waals surface area contributed by atoms with Crippen molar-refractivity contribution in [2.75, 3.05) is 0 Å². The highest BCUT2D eigenvalue weighted by atomic mass is 32.1. The predicted molar refractivity (Wildman–Crippen MR) is 289 cm³/mol. The fourth-order valence-corrected chi connectivity index (χ4v) is 11.7. The second-order valence-electron chi connectivity index (χ2n) is 17.9. The second kappa shape index (κ2) is 15.2. The minimum atomic E-state index is 0.590. The van der Waals surface area contributed by atoms with Crippen molar-refractivity contribution in [3.8, 4) is 62.1 Å². The number of hydrogen-bond acceptors (Lipinski definition) is 6. The lowest BCUT2D eigenvalue weighted by molar-refractivity contribution is 0.668. The van der Waals surface area contributed by atoms with Crippen LogP contribution in [0.4, 0.5) is 0 Å². The van der Waals surface area contributed by atoms with E-state index in [1.54, 1.807) is 11.3 Å². The summed E-state index contributed by atoms with van der Waals surface area (Å²) in [5.74, 6) is 1.83. The topological polar surface area (TPSA) is 69.9 Å². The molecule has 10 aromatic carbocycles. The molecule has 0 radical (unpaired) electrons. The number of rotatable bonds is 6. The predicted octanol–water partition coefficient (Wildman–Crippen LogP) is 17.5. The van der Waals surface area contributed by atoms with Gasteiger partial charge in [-0.15, -0.1) is 11.3 Å². The number of hydrogen-bond donors (Lipinski definition) is 0. The lowest BCUT2D eigenvalue weighted by Gasteiger charge is -2.10. The van der Waals surface area contributed by atoms with Crippen molar-refractivity contribution >= 4 is 97.2 Å². The van der Waals surface area contributed by atoms with E-state index in [1.807, 2.05) is 54.6 Å². The van der Waals surface area contributed by atoms with E-state index in [0.29, 0.717) is 17.5 Å². The quantitative estimate of drug-likeness (QED) is 0.166. The summed E-state index contributed by atoms with van der Waals surface area (Å²) in [7, 11) is 0. The highest BCUT2D eigenvalue weighted by molar-refractivity contribution is 7.26. The van der Waals surface area contributed by atoms with E-state index in [2.05, 4.69) is 168 Å². The second-order valence-corrected chi connectivity index (χ2v) is 19.0. The number of thiophene rings is 1. The van der Waals surface area contributed by atoms with Crippen molar-refractivity contribution in [3.63, 3.8) is 0 Å². The SMILES string of the molecule is c1ccc(-c2nc(-c3ccc4c(c3)oc3ccccc34)nc(-c3cccc4sc5cc(-c6ccc7c(c6)oc6ccc(-c8ccc9c%10ccccc%10n(-c%10ccccc%10)c9c8)cc67)ccc5c34)n2)cc1. The van der Waals surface area contributed by atoms with E-state index in [-0.39, 0.29) is 0 Å². The van der Waals surface area contributed by atoms with Crippen LogP contribution in [-0.2, 0) is 0 Å². The summed E-state index contributed by atoms with van der Waals surface area (Å²) in [5, 5.41) is 9.11. The van der Waals surface area contributed by atoms with Crippen LogP contribution in [0.25, 0.3) is 148 Å². The summed E-state index contributed by atoms with van der Waals surface area (Å²) in [6.07, 6.45) is 0. The Labute approximate surface area is 404 Å². The molecule has 0 atom stereocenters. The zero-order chi connectivity index (χ0) is 45.9. The Balaban J connectivity index is 0.802. The standard InChI is InChI=1S/C63H36N4O2S/c1-3-12-37(13-4-1)61-64-62(42-25-29-47-46-17-8-10-20-54(46)68-57(47)35-42)66-63(65-61)50-18-11-21-58-60(50)49-30-24-41(36-59(49)70-58)40-23-28-48-51-32-38(26-31-55(51)69-56(48)34-40)39-22-27-45-44-16-7-9-19-52(44)67(53(45)33-39)43-14-5-2-6-15-43/h1-36H. The molecule has 0 amide bonds. The van der Waals surface area contributed by atoms with Crippen LogP contribution in [-0.4, -0.2) is 19.5 Å². The molecule has 0 N–H and O–H groups in total. The lowest BCUT2D eigenvalue weighted by Crippen LogP contribution is -2.00. The molecule has 7 heteroatoms. The molecule has 15 aromatic rings. The van der Waals surface area contributed by atoms with E-state index in [9.17, 15) is 0 Å². The van der Waals surface area contributed by atoms with Crippen molar-refractivity contribution in [3.05, 3.63) is 218 Å². The summed E-state index contributed by atoms with van der Waals surface area (Å²) < 4.78 is 17.6. The highest BCUT2D eigenvalue weighted by Gasteiger charge is 2.20. The van der Waals surface area contributed by atoms with Gasteiger partial charge in [-0.05, 0) is 101 Å². The Morgan fingerprint density at radius 1 is 0.314 bits per heavy atom. The van der Waals surface area contributed by atoms with Crippen molar-refractivity contribution in [2.24, 2.45) is 0 Å². The summed E-state index contributed by atoms with van der Waals surface area (Å²) in [6.45, 7) is 0. The summed E-state index contributed by atoms with van der Waals surface area (Å²) in [6, 6.07) is 76.9.